The number of hydrogen-bond acceptors (Lipinski definition) is 2. The lowest BCUT2D eigenvalue weighted by Crippen LogP contribution is -2.03. The third-order valence-electron chi connectivity index (χ3n) is 3.35. The number of carbonyl (C=O) groups is 1. The van der Waals surface area contributed by atoms with Gasteiger partial charge in [-0.1, -0.05) is 19.9 Å². The van der Waals surface area contributed by atoms with Crippen LogP contribution in [0.25, 0.3) is 0 Å². The summed E-state index contributed by atoms with van der Waals surface area (Å²) < 4.78 is 0. The summed E-state index contributed by atoms with van der Waals surface area (Å²) in [5.41, 5.74) is 1.99. The first kappa shape index (κ1) is 10.1. The van der Waals surface area contributed by atoms with Crippen LogP contribution in [0.4, 0.5) is 0 Å². The van der Waals surface area contributed by atoms with Crippen LogP contribution in [-0.4, -0.2) is 16.1 Å². The van der Waals surface area contributed by atoms with Gasteiger partial charge >= 0.3 is 5.97 Å². The quantitative estimate of drug-likeness (QED) is 0.805. The van der Waals surface area contributed by atoms with Crippen molar-refractivity contribution in [2.45, 2.75) is 26.7 Å². The topological polar surface area (TPSA) is 50.2 Å². The van der Waals surface area contributed by atoms with Gasteiger partial charge < -0.3 is 5.11 Å². The Bertz CT molecular complexity index is 412. The van der Waals surface area contributed by atoms with Gasteiger partial charge in [-0.05, 0) is 23.5 Å². The van der Waals surface area contributed by atoms with Crippen LogP contribution >= 0.6 is 0 Å². The number of aromatic nitrogens is 1. The number of rotatable bonds is 2. The summed E-state index contributed by atoms with van der Waals surface area (Å²) in [6.45, 7) is 5.97. The smallest absolute Gasteiger partial charge is 0.307 e. The molecule has 0 aromatic carbocycles. The summed E-state index contributed by atoms with van der Waals surface area (Å²) in [5, 5.41) is 9.07. The molecule has 1 fully saturated rings. The number of nitrogens with zero attached hydrogens (tertiary/aromatic N) is 1. The standard InChI is InChI=1S/C12H15NO2/c1-7-4-8(6-13-5-7)9-10(11(14)15)12(9,2)3/h4-6,9-10H,1-3H3,(H,14,15)/t9-,10+/m0/s1. The normalized spacial score (nSPS) is 27.4. The molecule has 1 aromatic rings. The molecule has 0 aliphatic heterocycles. The molecule has 0 saturated heterocycles. The van der Waals surface area contributed by atoms with E-state index in [0.29, 0.717) is 0 Å². The summed E-state index contributed by atoms with van der Waals surface area (Å²) in [7, 11) is 0. The van der Waals surface area contributed by atoms with Gasteiger partial charge in [-0.2, -0.15) is 0 Å². The van der Waals surface area contributed by atoms with Gasteiger partial charge in [0.15, 0.2) is 0 Å². The van der Waals surface area contributed by atoms with Crippen LogP contribution in [0.15, 0.2) is 18.5 Å². The van der Waals surface area contributed by atoms with E-state index in [0.717, 1.165) is 11.1 Å². The minimum atomic E-state index is -0.702. The van der Waals surface area contributed by atoms with E-state index in [-0.39, 0.29) is 17.3 Å². The Balaban J connectivity index is 2.31. The molecule has 1 aromatic heterocycles. The second-order valence-corrected chi connectivity index (χ2v) is 4.91. The fraction of sp³-hybridized carbons (Fsp3) is 0.500. The lowest BCUT2D eigenvalue weighted by molar-refractivity contribution is -0.139. The molecule has 1 aliphatic carbocycles. The Labute approximate surface area is 89.2 Å². The largest absolute Gasteiger partial charge is 0.481 e. The van der Waals surface area contributed by atoms with Crippen molar-refractivity contribution in [3.63, 3.8) is 0 Å². The number of aliphatic carboxylic acids is 1. The molecule has 0 bridgehead atoms. The lowest BCUT2D eigenvalue weighted by Gasteiger charge is -2.02. The summed E-state index contributed by atoms with van der Waals surface area (Å²) in [6.07, 6.45) is 3.57. The first-order valence-electron chi connectivity index (χ1n) is 5.09. The highest BCUT2D eigenvalue weighted by molar-refractivity contribution is 5.77. The summed E-state index contributed by atoms with van der Waals surface area (Å²) in [6, 6.07) is 2.03. The molecule has 1 N–H and O–H groups in total. The van der Waals surface area contributed by atoms with Crippen LogP contribution in [0.1, 0.15) is 30.9 Å². The molecule has 0 amide bonds. The molecule has 0 radical (unpaired) electrons. The van der Waals surface area contributed by atoms with E-state index in [2.05, 4.69) is 4.98 Å². The van der Waals surface area contributed by atoms with Gasteiger partial charge in [0.2, 0.25) is 0 Å². The van der Waals surface area contributed by atoms with Gasteiger partial charge in [0.1, 0.15) is 0 Å². The fourth-order valence-electron chi connectivity index (χ4n) is 2.47. The minimum absolute atomic E-state index is 0.113. The van der Waals surface area contributed by atoms with Gasteiger partial charge in [-0.3, -0.25) is 9.78 Å². The van der Waals surface area contributed by atoms with E-state index in [1.165, 1.54) is 0 Å². The van der Waals surface area contributed by atoms with E-state index >= 15 is 0 Å². The molecular weight excluding hydrogens is 190 g/mol. The van der Waals surface area contributed by atoms with Crippen LogP contribution in [0.2, 0.25) is 0 Å². The number of carboxylic acid groups (broad SMARTS) is 1. The average Bonchev–Trinajstić information content (AvgIpc) is 2.69. The Hall–Kier alpha value is -1.38. The molecule has 3 heteroatoms. The van der Waals surface area contributed by atoms with Crippen LogP contribution in [0.5, 0.6) is 0 Å². The van der Waals surface area contributed by atoms with Crippen molar-refractivity contribution < 1.29 is 9.90 Å². The molecule has 1 aliphatic rings. The van der Waals surface area contributed by atoms with Crippen LogP contribution in [0.3, 0.4) is 0 Å². The van der Waals surface area contributed by atoms with E-state index in [1.807, 2.05) is 26.8 Å². The van der Waals surface area contributed by atoms with E-state index in [9.17, 15) is 4.79 Å². The molecular formula is C12H15NO2. The number of pyridine rings is 1. The number of aryl methyl sites for hydroxylation is 1. The average molecular weight is 205 g/mol. The van der Waals surface area contributed by atoms with Crippen molar-refractivity contribution in [3.8, 4) is 0 Å². The fourth-order valence-corrected chi connectivity index (χ4v) is 2.47. The zero-order valence-electron chi connectivity index (χ0n) is 9.19. The number of hydrogen-bond donors (Lipinski definition) is 1. The molecule has 0 unspecified atom stereocenters. The maximum absolute atomic E-state index is 11.0. The van der Waals surface area contributed by atoms with Crippen molar-refractivity contribution in [1.82, 2.24) is 4.98 Å². The summed E-state index contributed by atoms with van der Waals surface area (Å²) in [5.74, 6) is -0.852. The van der Waals surface area contributed by atoms with Gasteiger partial charge in [0, 0.05) is 18.3 Å². The Morgan fingerprint density at radius 2 is 2.13 bits per heavy atom. The highest BCUT2D eigenvalue weighted by Gasteiger charge is 2.62. The molecule has 15 heavy (non-hydrogen) atoms. The SMILES string of the molecule is Cc1cncc([C@H]2[C@H](C(=O)O)C2(C)C)c1. The van der Waals surface area contributed by atoms with Gasteiger partial charge in [-0.15, -0.1) is 0 Å². The Morgan fingerprint density at radius 1 is 1.47 bits per heavy atom. The second-order valence-electron chi connectivity index (χ2n) is 4.91. The molecule has 2 rings (SSSR count). The third-order valence-corrected chi connectivity index (χ3v) is 3.35. The third kappa shape index (κ3) is 1.52. The highest BCUT2D eigenvalue weighted by Crippen LogP contribution is 2.64. The summed E-state index contributed by atoms with van der Waals surface area (Å²) >= 11 is 0. The second kappa shape index (κ2) is 3.05. The zero-order chi connectivity index (χ0) is 11.2. The molecule has 1 saturated carbocycles. The van der Waals surface area contributed by atoms with Gasteiger partial charge in [-0.25, -0.2) is 0 Å². The Morgan fingerprint density at radius 3 is 2.60 bits per heavy atom. The maximum Gasteiger partial charge on any atom is 0.307 e. The van der Waals surface area contributed by atoms with Crippen LogP contribution in [0, 0.1) is 18.3 Å². The first-order chi connectivity index (χ1) is 6.94. The minimum Gasteiger partial charge on any atom is -0.481 e. The molecule has 0 spiro atoms. The van der Waals surface area contributed by atoms with Gasteiger partial charge in [0.05, 0.1) is 5.92 Å². The highest BCUT2D eigenvalue weighted by atomic mass is 16.4. The van der Waals surface area contributed by atoms with Gasteiger partial charge in [0.25, 0.3) is 0 Å². The van der Waals surface area contributed by atoms with Crippen molar-refractivity contribution in [3.05, 3.63) is 29.6 Å². The molecule has 1 heterocycles. The monoisotopic (exact) mass is 205 g/mol. The van der Waals surface area contributed by atoms with Crippen LogP contribution in [-0.2, 0) is 4.79 Å². The Kier molecular flexibility index (Phi) is 2.07. The maximum atomic E-state index is 11.0. The van der Waals surface area contributed by atoms with E-state index < -0.39 is 5.97 Å². The predicted octanol–water partition coefficient (Wildman–Crippen LogP) is 2.21. The lowest BCUT2D eigenvalue weighted by atomic mass is 10.0. The molecule has 2 atom stereocenters. The van der Waals surface area contributed by atoms with Crippen molar-refractivity contribution in [1.29, 1.82) is 0 Å². The van der Waals surface area contributed by atoms with Crippen molar-refractivity contribution >= 4 is 5.97 Å². The van der Waals surface area contributed by atoms with Crippen molar-refractivity contribution in [2.24, 2.45) is 11.3 Å². The van der Waals surface area contributed by atoms with E-state index in [1.54, 1.807) is 12.4 Å². The zero-order valence-corrected chi connectivity index (χ0v) is 9.19. The first-order valence-corrected chi connectivity index (χ1v) is 5.09. The van der Waals surface area contributed by atoms with E-state index in [4.69, 9.17) is 5.11 Å². The number of carboxylic acids is 1. The molecule has 3 nitrogen and oxygen atoms in total. The van der Waals surface area contributed by atoms with Crippen molar-refractivity contribution in [2.75, 3.05) is 0 Å². The molecule has 80 valence electrons. The summed E-state index contributed by atoms with van der Waals surface area (Å²) in [4.78, 5) is 15.1. The predicted molar refractivity (Wildman–Crippen MR) is 56.6 cm³/mol. The van der Waals surface area contributed by atoms with Crippen LogP contribution < -0.4 is 0 Å².